The van der Waals surface area contributed by atoms with E-state index in [0.29, 0.717) is 6.42 Å². The number of para-hydroxylation sites is 1. The number of hydrogen-bond donors (Lipinski definition) is 2. The Morgan fingerprint density at radius 2 is 2.06 bits per heavy atom. The first-order valence-corrected chi connectivity index (χ1v) is 6.30. The van der Waals surface area contributed by atoms with Gasteiger partial charge < -0.3 is 16.0 Å². The molecule has 1 rings (SSSR count). The number of benzene rings is 1. The maximum Gasteiger partial charge on any atom is 0.221 e. The number of nitrogen functional groups attached to an aromatic ring is 1. The fourth-order valence-corrected chi connectivity index (χ4v) is 1.73. The van der Waals surface area contributed by atoms with E-state index in [2.05, 4.69) is 10.2 Å². The van der Waals surface area contributed by atoms with E-state index in [0.717, 1.165) is 24.3 Å². The number of carbonyl (C=O) groups is 1. The van der Waals surface area contributed by atoms with Crippen LogP contribution in [0.5, 0.6) is 0 Å². The van der Waals surface area contributed by atoms with Crippen molar-refractivity contribution in [2.24, 2.45) is 0 Å². The van der Waals surface area contributed by atoms with Crippen molar-refractivity contribution < 1.29 is 4.79 Å². The first kappa shape index (κ1) is 14.5. The van der Waals surface area contributed by atoms with E-state index in [1.165, 1.54) is 0 Å². The lowest BCUT2D eigenvalue weighted by Gasteiger charge is -2.18. The molecule has 1 aromatic carbocycles. The molecule has 0 spiro atoms. The lowest BCUT2D eigenvalue weighted by molar-refractivity contribution is -0.121. The number of nitrogens with zero attached hydrogens (tertiary/aromatic N) is 1. The maximum absolute atomic E-state index is 11.5. The lowest BCUT2D eigenvalue weighted by Crippen LogP contribution is -2.33. The predicted molar refractivity (Wildman–Crippen MR) is 75.1 cm³/mol. The lowest BCUT2D eigenvalue weighted by atomic mass is 10.1. The SMILES string of the molecule is CC(C)NC(=O)CCN(C)Cc1ccccc1N. The maximum atomic E-state index is 11.5. The van der Waals surface area contributed by atoms with E-state index < -0.39 is 0 Å². The van der Waals surface area contributed by atoms with Crippen LogP contribution in [-0.2, 0) is 11.3 Å². The largest absolute Gasteiger partial charge is 0.398 e. The van der Waals surface area contributed by atoms with Crippen LogP contribution in [0.3, 0.4) is 0 Å². The zero-order valence-corrected chi connectivity index (χ0v) is 11.4. The number of nitrogens with two attached hydrogens (primary N) is 1. The van der Waals surface area contributed by atoms with E-state index in [1.54, 1.807) is 0 Å². The summed E-state index contributed by atoms with van der Waals surface area (Å²) in [7, 11) is 2.00. The molecule has 0 heterocycles. The third kappa shape index (κ3) is 5.19. The summed E-state index contributed by atoms with van der Waals surface area (Å²) < 4.78 is 0. The highest BCUT2D eigenvalue weighted by atomic mass is 16.1. The Balaban J connectivity index is 2.36. The zero-order chi connectivity index (χ0) is 13.5. The molecule has 0 unspecified atom stereocenters. The van der Waals surface area contributed by atoms with Gasteiger partial charge in [-0.15, -0.1) is 0 Å². The van der Waals surface area contributed by atoms with Gasteiger partial charge in [-0.3, -0.25) is 4.79 Å². The van der Waals surface area contributed by atoms with Crippen molar-refractivity contribution in [2.75, 3.05) is 19.3 Å². The Morgan fingerprint density at radius 1 is 1.39 bits per heavy atom. The van der Waals surface area contributed by atoms with Gasteiger partial charge in [0.15, 0.2) is 0 Å². The van der Waals surface area contributed by atoms with Crippen molar-refractivity contribution >= 4 is 11.6 Å². The van der Waals surface area contributed by atoms with E-state index in [9.17, 15) is 4.79 Å². The molecular weight excluding hydrogens is 226 g/mol. The molecular formula is C14H23N3O. The molecule has 0 aliphatic rings. The molecule has 100 valence electrons. The fourth-order valence-electron chi connectivity index (χ4n) is 1.73. The van der Waals surface area contributed by atoms with E-state index >= 15 is 0 Å². The second-order valence-corrected chi connectivity index (χ2v) is 4.91. The third-order valence-electron chi connectivity index (χ3n) is 2.67. The molecule has 18 heavy (non-hydrogen) atoms. The van der Waals surface area contributed by atoms with Gasteiger partial charge in [0.25, 0.3) is 0 Å². The summed E-state index contributed by atoms with van der Waals surface area (Å²) in [6.45, 7) is 5.42. The summed E-state index contributed by atoms with van der Waals surface area (Å²) in [6, 6.07) is 8.02. The summed E-state index contributed by atoms with van der Waals surface area (Å²) in [5, 5.41) is 2.88. The van der Waals surface area contributed by atoms with Gasteiger partial charge in [-0.2, -0.15) is 0 Å². The predicted octanol–water partition coefficient (Wildman–Crippen LogP) is 1.62. The normalized spacial score (nSPS) is 10.9. The van der Waals surface area contributed by atoms with Crippen molar-refractivity contribution in [2.45, 2.75) is 32.9 Å². The first-order chi connectivity index (χ1) is 8.49. The van der Waals surface area contributed by atoms with Crippen LogP contribution in [-0.4, -0.2) is 30.4 Å². The second-order valence-electron chi connectivity index (χ2n) is 4.91. The van der Waals surface area contributed by atoms with Gasteiger partial charge in [0, 0.05) is 31.2 Å². The molecule has 0 aliphatic carbocycles. The van der Waals surface area contributed by atoms with Crippen molar-refractivity contribution in [1.29, 1.82) is 0 Å². The number of anilines is 1. The minimum Gasteiger partial charge on any atom is -0.398 e. The minimum atomic E-state index is 0.0953. The molecule has 3 N–H and O–H groups in total. The Hall–Kier alpha value is -1.55. The molecule has 1 amide bonds. The van der Waals surface area contributed by atoms with Gasteiger partial charge in [0.1, 0.15) is 0 Å². The van der Waals surface area contributed by atoms with Crippen LogP contribution in [0.2, 0.25) is 0 Å². The molecule has 0 atom stereocenters. The summed E-state index contributed by atoms with van der Waals surface area (Å²) >= 11 is 0. The van der Waals surface area contributed by atoms with Crippen LogP contribution in [0.4, 0.5) is 5.69 Å². The Morgan fingerprint density at radius 3 is 2.67 bits per heavy atom. The minimum absolute atomic E-state index is 0.0953. The van der Waals surface area contributed by atoms with Crippen LogP contribution >= 0.6 is 0 Å². The second kappa shape index (κ2) is 7.01. The summed E-state index contributed by atoms with van der Waals surface area (Å²) in [5.74, 6) is 0.0953. The molecule has 0 aliphatic heterocycles. The zero-order valence-electron chi connectivity index (χ0n) is 11.4. The average Bonchev–Trinajstić information content (AvgIpc) is 2.29. The third-order valence-corrected chi connectivity index (χ3v) is 2.67. The standard InChI is InChI=1S/C14H23N3O/c1-11(2)16-14(18)8-9-17(3)10-12-6-4-5-7-13(12)15/h4-7,11H,8-10,15H2,1-3H3,(H,16,18). The molecule has 0 saturated carbocycles. The van der Waals surface area contributed by atoms with Crippen LogP contribution in [0.1, 0.15) is 25.8 Å². The summed E-state index contributed by atoms with van der Waals surface area (Å²) in [6.07, 6.45) is 0.515. The highest BCUT2D eigenvalue weighted by Crippen LogP contribution is 2.12. The van der Waals surface area contributed by atoms with E-state index in [1.807, 2.05) is 45.2 Å². The molecule has 0 saturated heterocycles. The van der Waals surface area contributed by atoms with Crippen molar-refractivity contribution in [3.05, 3.63) is 29.8 Å². The summed E-state index contributed by atoms with van der Waals surface area (Å²) in [5.41, 5.74) is 7.79. The fraction of sp³-hybridized carbons (Fsp3) is 0.500. The van der Waals surface area contributed by atoms with Gasteiger partial charge in [-0.05, 0) is 32.5 Å². The molecule has 1 aromatic rings. The molecule has 0 bridgehead atoms. The van der Waals surface area contributed by atoms with Crippen LogP contribution in [0.25, 0.3) is 0 Å². The van der Waals surface area contributed by atoms with E-state index in [-0.39, 0.29) is 11.9 Å². The van der Waals surface area contributed by atoms with Gasteiger partial charge in [-0.1, -0.05) is 18.2 Å². The molecule has 4 nitrogen and oxygen atoms in total. The molecule has 4 heteroatoms. The summed E-state index contributed by atoms with van der Waals surface area (Å²) in [4.78, 5) is 13.6. The van der Waals surface area contributed by atoms with Crippen molar-refractivity contribution in [3.8, 4) is 0 Å². The van der Waals surface area contributed by atoms with Crippen molar-refractivity contribution in [3.63, 3.8) is 0 Å². The van der Waals surface area contributed by atoms with E-state index in [4.69, 9.17) is 5.73 Å². The monoisotopic (exact) mass is 249 g/mol. The van der Waals surface area contributed by atoms with Crippen molar-refractivity contribution in [1.82, 2.24) is 10.2 Å². The Bertz CT molecular complexity index is 390. The number of rotatable bonds is 6. The highest BCUT2D eigenvalue weighted by molar-refractivity contribution is 5.76. The van der Waals surface area contributed by atoms with Gasteiger partial charge in [0.2, 0.25) is 5.91 Å². The topological polar surface area (TPSA) is 58.4 Å². The van der Waals surface area contributed by atoms with Gasteiger partial charge in [-0.25, -0.2) is 0 Å². The molecule has 0 aromatic heterocycles. The molecule has 0 fully saturated rings. The highest BCUT2D eigenvalue weighted by Gasteiger charge is 2.07. The first-order valence-electron chi connectivity index (χ1n) is 6.30. The van der Waals surface area contributed by atoms with Crippen LogP contribution in [0, 0.1) is 0 Å². The van der Waals surface area contributed by atoms with Crippen LogP contribution < -0.4 is 11.1 Å². The number of nitrogens with one attached hydrogen (secondary N) is 1. The van der Waals surface area contributed by atoms with Gasteiger partial charge in [0.05, 0.1) is 0 Å². The smallest absolute Gasteiger partial charge is 0.221 e. The number of hydrogen-bond acceptors (Lipinski definition) is 3. The average molecular weight is 249 g/mol. The van der Waals surface area contributed by atoms with Crippen LogP contribution in [0.15, 0.2) is 24.3 Å². The Labute approximate surface area is 109 Å². The number of amides is 1. The molecule has 0 radical (unpaired) electrons. The quantitative estimate of drug-likeness (QED) is 0.753. The van der Waals surface area contributed by atoms with Gasteiger partial charge >= 0.3 is 0 Å². The Kier molecular flexibility index (Phi) is 5.65. The number of carbonyl (C=O) groups excluding carboxylic acids is 1.